The first-order valence-electron chi connectivity index (χ1n) is 10.7. The van der Waals surface area contributed by atoms with Gasteiger partial charge in [0, 0.05) is 24.6 Å². The number of hydrazine groups is 1. The van der Waals surface area contributed by atoms with Crippen LogP contribution in [0.1, 0.15) is 31.4 Å². The van der Waals surface area contributed by atoms with Crippen molar-refractivity contribution in [1.82, 2.24) is 5.01 Å². The third-order valence-electron chi connectivity index (χ3n) is 5.37. The van der Waals surface area contributed by atoms with Gasteiger partial charge in [0.2, 0.25) is 0 Å². The van der Waals surface area contributed by atoms with E-state index in [1.54, 1.807) is 6.07 Å². The van der Waals surface area contributed by atoms with Crippen molar-refractivity contribution in [1.29, 1.82) is 0 Å². The van der Waals surface area contributed by atoms with Gasteiger partial charge in [-0.05, 0) is 35.4 Å². The molecule has 0 bridgehead atoms. The predicted octanol–water partition coefficient (Wildman–Crippen LogP) is 3.38. The molecule has 2 aromatic carbocycles. The number of ether oxygens (including phenoxy) is 2. The number of hydrogen-bond acceptors (Lipinski definition) is 7. The van der Waals surface area contributed by atoms with E-state index in [1.807, 2.05) is 36.4 Å². The Hall–Kier alpha value is -2.16. The first-order valence-corrected chi connectivity index (χ1v) is 11.6. The van der Waals surface area contributed by atoms with Crippen molar-refractivity contribution in [3.8, 4) is 11.5 Å². The molecule has 33 heavy (non-hydrogen) atoms. The zero-order chi connectivity index (χ0) is 24.4. The molecule has 182 valence electrons. The first kappa shape index (κ1) is 27.1. The molecule has 6 N–H and O–H groups in total. The molecule has 0 heterocycles. The van der Waals surface area contributed by atoms with Gasteiger partial charge in [-0.1, -0.05) is 43.6 Å². The van der Waals surface area contributed by atoms with Gasteiger partial charge in [0.25, 0.3) is 0 Å². The second-order valence-corrected chi connectivity index (χ2v) is 8.84. The molecule has 0 saturated carbocycles. The molecule has 0 fully saturated rings. The molecule has 0 spiro atoms. The van der Waals surface area contributed by atoms with Crippen molar-refractivity contribution in [3.05, 3.63) is 70.5 Å². The second kappa shape index (κ2) is 12.9. The van der Waals surface area contributed by atoms with Gasteiger partial charge in [-0.15, -0.1) is 11.6 Å². The van der Waals surface area contributed by atoms with E-state index in [-0.39, 0.29) is 24.5 Å². The number of nitrogens with zero attached hydrogens (tertiary/aromatic N) is 1. The van der Waals surface area contributed by atoms with Gasteiger partial charge in [-0.3, -0.25) is 0 Å². The van der Waals surface area contributed by atoms with Crippen LogP contribution in [-0.2, 0) is 5.41 Å². The summed E-state index contributed by atoms with van der Waals surface area (Å²) < 4.78 is 11.4. The molecule has 7 nitrogen and oxygen atoms in total. The number of hydrogen-bond donors (Lipinski definition) is 4. The van der Waals surface area contributed by atoms with Crippen LogP contribution in [-0.4, -0.2) is 53.6 Å². The quantitative estimate of drug-likeness (QED) is 0.145. The highest BCUT2D eigenvalue weighted by Crippen LogP contribution is 2.36. The smallest absolute Gasteiger partial charge is 0.138 e. The monoisotopic (exact) mass is 497 g/mol. The van der Waals surface area contributed by atoms with Crippen molar-refractivity contribution in [3.63, 3.8) is 0 Å². The minimum atomic E-state index is -0.741. The maximum Gasteiger partial charge on any atom is 0.138 e. The van der Waals surface area contributed by atoms with Crippen LogP contribution in [0.2, 0.25) is 5.02 Å². The van der Waals surface area contributed by atoms with Crippen LogP contribution in [0.5, 0.6) is 11.5 Å². The number of benzene rings is 2. The molecule has 1 unspecified atom stereocenters. The lowest BCUT2D eigenvalue weighted by molar-refractivity contribution is 0.125. The van der Waals surface area contributed by atoms with Crippen LogP contribution < -0.4 is 21.1 Å². The normalized spacial score (nSPS) is 13.0. The summed E-state index contributed by atoms with van der Waals surface area (Å²) >= 11 is 12.0. The van der Waals surface area contributed by atoms with Crippen molar-refractivity contribution < 1.29 is 19.7 Å². The van der Waals surface area contributed by atoms with Crippen LogP contribution in [0, 0.1) is 0 Å². The highest BCUT2D eigenvalue weighted by atomic mass is 35.5. The fraction of sp³-hybridized carbons (Fsp3) is 0.417. The topological polar surface area (TPSA) is 114 Å². The summed E-state index contributed by atoms with van der Waals surface area (Å²) in [6.07, 6.45) is 1.23. The number of alkyl halides is 1. The third kappa shape index (κ3) is 7.69. The van der Waals surface area contributed by atoms with E-state index in [4.69, 9.17) is 49.4 Å². The molecule has 0 aliphatic heterocycles. The van der Waals surface area contributed by atoms with Gasteiger partial charge >= 0.3 is 0 Å². The SMILES string of the molecule is CC(C)(c1ccc(OCCCN(N)/C(=C\N)CO)cc1)c1ccc(OCC(O)CCl)c(Cl)c1. The summed E-state index contributed by atoms with van der Waals surface area (Å²) in [6, 6.07) is 13.6. The fourth-order valence-corrected chi connectivity index (χ4v) is 3.50. The minimum absolute atomic E-state index is 0.0864. The summed E-state index contributed by atoms with van der Waals surface area (Å²) in [5.74, 6) is 7.20. The average Bonchev–Trinajstić information content (AvgIpc) is 2.81. The molecule has 0 amide bonds. The second-order valence-electron chi connectivity index (χ2n) is 8.13. The first-order chi connectivity index (χ1) is 15.7. The van der Waals surface area contributed by atoms with Crippen LogP contribution in [0.3, 0.4) is 0 Å². The van der Waals surface area contributed by atoms with Gasteiger partial charge < -0.3 is 30.4 Å². The Kier molecular flexibility index (Phi) is 10.6. The molecule has 0 aromatic heterocycles. The summed E-state index contributed by atoms with van der Waals surface area (Å²) in [5.41, 5.74) is 7.71. The lowest BCUT2D eigenvalue weighted by atomic mass is 9.78. The molecule has 1 atom stereocenters. The van der Waals surface area contributed by atoms with Crippen LogP contribution in [0.4, 0.5) is 0 Å². The Morgan fingerprint density at radius 3 is 2.39 bits per heavy atom. The molecule has 0 radical (unpaired) electrons. The van der Waals surface area contributed by atoms with E-state index < -0.39 is 6.10 Å². The lowest BCUT2D eigenvalue weighted by Gasteiger charge is -2.27. The Morgan fingerprint density at radius 2 is 1.82 bits per heavy atom. The average molecular weight is 498 g/mol. The largest absolute Gasteiger partial charge is 0.494 e. The van der Waals surface area contributed by atoms with E-state index in [0.29, 0.717) is 36.0 Å². The van der Waals surface area contributed by atoms with Gasteiger partial charge in [0.05, 0.1) is 29.8 Å². The zero-order valence-electron chi connectivity index (χ0n) is 19.0. The molecular weight excluding hydrogens is 465 g/mol. The summed E-state index contributed by atoms with van der Waals surface area (Å²) in [4.78, 5) is 0. The number of halogens is 2. The van der Waals surface area contributed by atoms with E-state index in [1.165, 1.54) is 11.2 Å². The minimum Gasteiger partial charge on any atom is -0.494 e. The zero-order valence-corrected chi connectivity index (χ0v) is 20.5. The van der Waals surface area contributed by atoms with E-state index >= 15 is 0 Å². The Bertz CT molecular complexity index is 907. The fourth-order valence-electron chi connectivity index (χ4n) is 3.18. The van der Waals surface area contributed by atoms with Gasteiger partial charge in [-0.25, -0.2) is 5.84 Å². The lowest BCUT2D eigenvalue weighted by Crippen LogP contribution is -2.34. The van der Waals surface area contributed by atoms with Gasteiger partial charge in [0.15, 0.2) is 0 Å². The molecule has 2 aromatic rings. The molecule has 0 aliphatic carbocycles. The highest BCUT2D eigenvalue weighted by Gasteiger charge is 2.24. The number of aliphatic hydroxyl groups is 2. The van der Waals surface area contributed by atoms with E-state index in [2.05, 4.69) is 13.8 Å². The standard InChI is InChI=1S/C24H33Cl2N3O4/c1-24(2,18-6-9-23(22(26)12-18)33-16-20(31)13-25)17-4-7-21(8-5-17)32-11-3-10-29(28)19(14-27)15-30/h4-9,12,14,20,30-31H,3,10-11,13,15-16,27-28H2,1-2H3/b19-14-. The van der Waals surface area contributed by atoms with Crippen molar-refractivity contribution in [2.24, 2.45) is 11.6 Å². The number of rotatable bonds is 13. The maximum atomic E-state index is 9.57. The summed E-state index contributed by atoms with van der Waals surface area (Å²) in [6.45, 7) is 5.11. The van der Waals surface area contributed by atoms with Crippen LogP contribution in [0.15, 0.2) is 54.4 Å². The number of nitrogens with two attached hydrogens (primary N) is 2. The van der Waals surface area contributed by atoms with Crippen LogP contribution >= 0.6 is 23.2 Å². The van der Waals surface area contributed by atoms with E-state index in [0.717, 1.165) is 16.9 Å². The summed E-state index contributed by atoms with van der Waals surface area (Å²) in [5, 5.41) is 20.6. The van der Waals surface area contributed by atoms with Crippen molar-refractivity contribution in [2.75, 3.05) is 32.2 Å². The van der Waals surface area contributed by atoms with Crippen molar-refractivity contribution >= 4 is 23.2 Å². The molecule has 0 aliphatic rings. The molecule has 0 saturated heterocycles. The van der Waals surface area contributed by atoms with E-state index in [9.17, 15) is 5.11 Å². The Labute approximate surface area is 205 Å². The van der Waals surface area contributed by atoms with Crippen LogP contribution in [0.25, 0.3) is 0 Å². The Balaban J connectivity index is 1.96. The molecule has 2 rings (SSSR count). The summed E-state index contributed by atoms with van der Waals surface area (Å²) in [7, 11) is 0. The Morgan fingerprint density at radius 1 is 1.15 bits per heavy atom. The predicted molar refractivity (Wildman–Crippen MR) is 133 cm³/mol. The van der Waals surface area contributed by atoms with Gasteiger partial charge in [0.1, 0.15) is 24.2 Å². The molecule has 9 heteroatoms. The maximum absolute atomic E-state index is 9.57. The van der Waals surface area contributed by atoms with Gasteiger partial charge in [-0.2, -0.15) is 0 Å². The van der Waals surface area contributed by atoms with Crippen molar-refractivity contribution in [2.45, 2.75) is 31.8 Å². The highest BCUT2D eigenvalue weighted by molar-refractivity contribution is 6.32. The third-order valence-corrected chi connectivity index (χ3v) is 6.03. The number of aliphatic hydroxyl groups excluding tert-OH is 2. The molecular formula is C24H33Cl2N3O4.